The number of aromatic hydroxyl groups is 2. The van der Waals surface area contributed by atoms with Crippen molar-refractivity contribution in [2.45, 2.75) is 0 Å². The van der Waals surface area contributed by atoms with E-state index in [1.54, 1.807) is 49.4 Å². The lowest BCUT2D eigenvalue weighted by atomic mass is 10.0. The van der Waals surface area contributed by atoms with E-state index in [1.165, 1.54) is 29.1 Å². The highest BCUT2D eigenvalue weighted by molar-refractivity contribution is 5.96. The van der Waals surface area contributed by atoms with Crippen LogP contribution in [0.15, 0.2) is 156 Å². The van der Waals surface area contributed by atoms with Gasteiger partial charge >= 0.3 is 0 Å². The van der Waals surface area contributed by atoms with E-state index >= 15 is 0 Å². The molecule has 0 saturated carbocycles. The van der Waals surface area contributed by atoms with Crippen LogP contribution in [0.3, 0.4) is 0 Å². The van der Waals surface area contributed by atoms with Crippen LogP contribution in [0.5, 0.6) is 23.0 Å². The fraction of sp³-hybridized carbons (Fsp3) is 0.0476. The van der Waals surface area contributed by atoms with Crippen molar-refractivity contribution in [1.29, 1.82) is 0 Å². The second kappa shape index (κ2) is 14.3. The summed E-state index contributed by atoms with van der Waals surface area (Å²) in [7, 11) is 3.22. The van der Waals surface area contributed by atoms with Crippen molar-refractivity contribution in [1.82, 2.24) is 19.1 Å². The quantitative estimate of drug-likeness (QED) is 0.184. The molecule has 0 unspecified atom stereocenters. The zero-order valence-electron chi connectivity index (χ0n) is 28.2. The average molecular weight is 689 g/mol. The molecule has 8 rings (SSSR count). The molecule has 2 N–H and O–H groups in total. The summed E-state index contributed by atoms with van der Waals surface area (Å²) in [6.45, 7) is 0. The van der Waals surface area contributed by atoms with Crippen molar-refractivity contribution in [3.63, 3.8) is 0 Å². The van der Waals surface area contributed by atoms with Gasteiger partial charge in [-0.15, -0.1) is 0 Å². The Hall–Kier alpha value is -7.20. The maximum absolute atomic E-state index is 13.3. The SMILES string of the molecule is COc1ccc(-n2cnc3cc(OC)cc(-c4ccccc4)c3c2=O)cc1.O=c1c2c(-c3ccccc3)cc(O)cc2ncn1-c1ccc(O)cc1. The van der Waals surface area contributed by atoms with Crippen molar-refractivity contribution in [3.05, 3.63) is 167 Å². The zero-order chi connectivity index (χ0) is 36.2. The van der Waals surface area contributed by atoms with Gasteiger partial charge in [-0.2, -0.15) is 0 Å². The standard InChI is InChI=1S/C22H18N2O3.C20H14N2O3/c1-26-17-10-8-16(9-11-17)24-14-23-20-13-18(27-2)12-19(21(20)22(24)25)15-6-4-3-5-7-15;23-15-8-6-14(7-9-15)22-12-21-18-11-16(24)10-17(19(18)20(22)25)13-4-2-1-3-5-13/h3-14H,1-2H3;1-12,23-24H. The third-order valence-electron chi connectivity index (χ3n) is 8.57. The second-order valence-corrected chi connectivity index (χ2v) is 11.7. The van der Waals surface area contributed by atoms with E-state index in [-0.39, 0.29) is 22.6 Å². The van der Waals surface area contributed by atoms with Gasteiger partial charge in [0.1, 0.15) is 35.7 Å². The molecule has 8 aromatic rings. The van der Waals surface area contributed by atoms with Gasteiger partial charge in [0.05, 0.1) is 47.4 Å². The van der Waals surface area contributed by atoms with Crippen molar-refractivity contribution in [2.24, 2.45) is 0 Å². The summed E-state index contributed by atoms with van der Waals surface area (Å²) >= 11 is 0. The smallest absolute Gasteiger partial charge is 0.266 e. The van der Waals surface area contributed by atoms with E-state index in [4.69, 9.17) is 9.47 Å². The molecule has 2 heterocycles. The van der Waals surface area contributed by atoms with Gasteiger partial charge < -0.3 is 19.7 Å². The molecule has 0 radical (unpaired) electrons. The highest BCUT2D eigenvalue weighted by atomic mass is 16.5. The molecule has 0 aliphatic rings. The van der Waals surface area contributed by atoms with Crippen LogP contribution in [0.2, 0.25) is 0 Å². The molecule has 0 fully saturated rings. The molecule has 0 aliphatic carbocycles. The number of phenolic OH excluding ortho intramolecular Hbond substituents is 2. The fourth-order valence-corrected chi connectivity index (χ4v) is 5.98. The highest BCUT2D eigenvalue weighted by Crippen LogP contribution is 2.32. The topological polar surface area (TPSA) is 129 Å². The van der Waals surface area contributed by atoms with Crippen LogP contribution in [0.4, 0.5) is 0 Å². The monoisotopic (exact) mass is 688 g/mol. The van der Waals surface area contributed by atoms with Gasteiger partial charge in [0.25, 0.3) is 11.1 Å². The Morgan fingerprint density at radius 3 is 1.46 bits per heavy atom. The summed E-state index contributed by atoms with van der Waals surface area (Å²) in [5.74, 6) is 1.58. The first kappa shape index (κ1) is 33.3. The number of fused-ring (bicyclic) bond motifs is 2. The number of hydrogen-bond donors (Lipinski definition) is 2. The van der Waals surface area contributed by atoms with Crippen LogP contribution in [-0.4, -0.2) is 43.5 Å². The van der Waals surface area contributed by atoms with E-state index in [0.717, 1.165) is 28.1 Å². The van der Waals surface area contributed by atoms with E-state index in [9.17, 15) is 19.8 Å². The molecule has 6 aromatic carbocycles. The fourth-order valence-electron chi connectivity index (χ4n) is 5.98. The van der Waals surface area contributed by atoms with Crippen LogP contribution in [0, 0.1) is 0 Å². The molecule has 0 atom stereocenters. The van der Waals surface area contributed by atoms with Gasteiger partial charge in [0.2, 0.25) is 0 Å². The van der Waals surface area contributed by atoms with Crippen LogP contribution in [-0.2, 0) is 0 Å². The van der Waals surface area contributed by atoms with Gasteiger partial charge in [0.15, 0.2) is 0 Å². The van der Waals surface area contributed by atoms with E-state index in [0.29, 0.717) is 38.8 Å². The molecular weight excluding hydrogens is 656 g/mol. The minimum absolute atomic E-state index is 0.0561. The Labute approximate surface area is 297 Å². The van der Waals surface area contributed by atoms with E-state index < -0.39 is 0 Å². The third-order valence-corrected chi connectivity index (χ3v) is 8.57. The van der Waals surface area contributed by atoms with E-state index in [2.05, 4.69) is 9.97 Å². The molecule has 10 heteroatoms. The number of hydrogen-bond acceptors (Lipinski definition) is 8. The van der Waals surface area contributed by atoms with Gasteiger partial charge in [-0.05, 0) is 71.8 Å². The molecule has 2 aromatic heterocycles. The number of nitrogens with zero attached hydrogens (tertiary/aromatic N) is 4. The van der Waals surface area contributed by atoms with Crippen LogP contribution in [0.1, 0.15) is 0 Å². The Bertz CT molecular complexity index is 2640. The Balaban J connectivity index is 0.000000162. The molecular formula is C42H32N4O6. The summed E-state index contributed by atoms with van der Waals surface area (Å²) in [5, 5.41) is 20.4. The maximum atomic E-state index is 13.3. The van der Waals surface area contributed by atoms with Crippen molar-refractivity contribution < 1.29 is 19.7 Å². The summed E-state index contributed by atoms with van der Waals surface area (Å²) in [6.07, 6.45) is 2.96. The lowest BCUT2D eigenvalue weighted by molar-refractivity contribution is 0.414. The Morgan fingerprint density at radius 1 is 0.500 bits per heavy atom. The predicted molar refractivity (Wildman–Crippen MR) is 202 cm³/mol. The number of rotatable bonds is 6. The first-order valence-electron chi connectivity index (χ1n) is 16.2. The Kier molecular flexibility index (Phi) is 9.18. The van der Waals surface area contributed by atoms with Crippen molar-refractivity contribution in [3.8, 4) is 56.6 Å². The molecule has 0 amide bonds. The zero-order valence-corrected chi connectivity index (χ0v) is 28.2. The number of benzene rings is 6. The largest absolute Gasteiger partial charge is 0.508 e. The molecule has 0 bridgehead atoms. The molecule has 10 nitrogen and oxygen atoms in total. The molecule has 0 spiro atoms. The highest BCUT2D eigenvalue weighted by Gasteiger charge is 2.15. The lowest BCUT2D eigenvalue weighted by Gasteiger charge is -2.12. The van der Waals surface area contributed by atoms with Crippen LogP contribution < -0.4 is 20.6 Å². The van der Waals surface area contributed by atoms with Crippen LogP contribution >= 0.6 is 0 Å². The van der Waals surface area contributed by atoms with E-state index in [1.807, 2.05) is 91.0 Å². The van der Waals surface area contributed by atoms with Gasteiger partial charge in [0, 0.05) is 23.3 Å². The van der Waals surface area contributed by atoms with Crippen molar-refractivity contribution in [2.75, 3.05) is 14.2 Å². The summed E-state index contributed by atoms with van der Waals surface area (Å²) in [4.78, 5) is 35.3. The first-order chi connectivity index (χ1) is 25.3. The van der Waals surface area contributed by atoms with Gasteiger partial charge in [-0.3, -0.25) is 18.7 Å². The molecule has 256 valence electrons. The second-order valence-electron chi connectivity index (χ2n) is 11.7. The predicted octanol–water partition coefficient (Wildman–Crippen LogP) is 7.53. The maximum Gasteiger partial charge on any atom is 0.266 e. The summed E-state index contributed by atoms with van der Waals surface area (Å²) in [6, 6.07) is 39.5. The molecule has 0 saturated heterocycles. The Morgan fingerprint density at radius 2 is 0.962 bits per heavy atom. The lowest BCUT2D eigenvalue weighted by Crippen LogP contribution is -2.19. The number of aromatic nitrogens is 4. The number of ether oxygens (including phenoxy) is 2. The summed E-state index contributed by atoms with van der Waals surface area (Å²) in [5.41, 5.74) is 5.17. The minimum atomic E-state index is -0.241. The normalized spacial score (nSPS) is 10.8. The summed E-state index contributed by atoms with van der Waals surface area (Å²) < 4.78 is 13.6. The first-order valence-corrected chi connectivity index (χ1v) is 16.2. The number of methoxy groups -OCH3 is 2. The number of phenols is 2. The molecule has 0 aliphatic heterocycles. The van der Waals surface area contributed by atoms with Gasteiger partial charge in [-0.1, -0.05) is 60.7 Å². The van der Waals surface area contributed by atoms with Gasteiger partial charge in [-0.25, -0.2) is 9.97 Å². The third kappa shape index (κ3) is 6.56. The van der Waals surface area contributed by atoms with Crippen LogP contribution in [0.25, 0.3) is 55.4 Å². The average Bonchev–Trinajstić information content (AvgIpc) is 3.19. The molecule has 52 heavy (non-hydrogen) atoms. The minimum Gasteiger partial charge on any atom is -0.508 e. The van der Waals surface area contributed by atoms with Crippen molar-refractivity contribution >= 4 is 21.8 Å².